The van der Waals surface area contributed by atoms with Crippen LogP contribution in [0.4, 0.5) is 0 Å². The number of ketones is 1. The van der Waals surface area contributed by atoms with E-state index in [1.807, 2.05) is 0 Å². The highest BCUT2D eigenvalue weighted by molar-refractivity contribution is 6.60. The van der Waals surface area contributed by atoms with Crippen molar-refractivity contribution in [3.63, 3.8) is 0 Å². The zero-order valence-electron chi connectivity index (χ0n) is 19.0. The second-order valence-corrected chi connectivity index (χ2v) is 13.2. The molecule has 0 unspecified atom stereocenters. The zero-order valence-corrected chi connectivity index (χ0v) is 21.0. The highest BCUT2D eigenvalue weighted by Gasteiger charge is 2.37. The molecule has 0 aromatic rings. The van der Waals surface area contributed by atoms with Crippen molar-refractivity contribution >= 4 is 23.4 Å². The number of hydrogen-bond donors (Lipinski definition) is 0. The normalized spacial score (nSPS) is 12.7. The minimum atomic E-state index is -2.52. The first-order valence-corrected chi connectivity index (χ1v) is 14.1. The van der Waals surface area contributed by atoms with Crippen LogP contribution < -0.4 is 0 Å². The van der Waals surface area contributed by atoms with Crippen molar-refractivity contribution in [3.05, 3.63) is 0 Å². The van der Waals surface area contributed by atoms with Gasteiger partial charge < -0.3 is 26.6 Å². The van der Waals surface area contributed by atoms with E-state index >= 15 is 0 Å². The third-order valence-electron chi connectivity index (χ3n) is 5.39. The molecule has 0 heterocycles. The Morgan fingerprint density at radius 3 is 1.32 bits per heavy atom. The van der Waals surface area contributed by atoms with Gasteiger partial charge in [-0.05, 0) is 32.1 Å². The van der Waals surface area contributed by atoms with Crippen molar-refractivity contribution in [3.8, 4) is 0 Å². The van der Waals surface area contributed by atoms with E-state index in [9.17, 15) is 4.79 Å². The maximum absolute atomic E-state index is 12.5. The molecule has 0 fully saturated rings. The van der Waals surface area contributed by atoms with Gasteiger partial charge in [0.25, 0.3) is 0 Å². The van der Waals surface area contributed by atoms with Crippen LogP contribution >= 0.6 is 0 Å². The van der Waals surface area contributed by atoms with Gasteiger partial charge in [0.05, 0.1) is 0 Å². The van der Waals surface area contributed by atoms with Gasteiger partial charge in [0.15, 0.2) is 0 Å². The van der Waals surface area contributed by atoms with Gasteiger partial charge in [-0.1, -0.05) is 19.8 Å². The van der Waals surface area contributed by atoms with E-state index in [2.05, 4.69) is 6.92 Å². The van der Waals surface area contributed by atoms with E-state index < -0.39 is 17.6 Å². The van der Waals surface area contributed by atoms with Crippen LogP contribution in [0.2, 0.25) is 12.1 Å². The maximum atomic E-state index is 12.5. The van der Waals surface area contributed by atoms with Gasteiger partial charge in [-0.3, -0.25) is 4.79 Å². The monoisotopic (exact) mass is 438 g/mol. The quantitative estimate of drug-likeness (QED) is 0.222. The second-order valence-electron chi connectivity index (χ2n) is 7.00. The highest BCUT2D eigenvalue weighted by Crippen LogP contribution is 2.25. The third-order valence-corrected chi connectivity index (χ3v) is 11.1. The number of Topliss-reactive ketones (excluding diaryl/α,β-unsaturated/α-hetero) is 1. The van der Waals surface area contributed by atoms with Crippen molar-refractivity contribution in [1.82, 2.24) is 0 Å². The van der Waals surface area contributed by atoms with Crippen LogP contribution in [0.5, 0.6) is 0 Å². The molecule has 9 heteroatoms. The molecule has 0 rings (SSSR count). The molecule has 0 aliphatic rings. The lowest BCUT2D eigenvalue weighted by Crippen LogP contribution is -2.42. The molecular weight excluding hydrogens is 396 g/mol. The molecule has 0 bridgehead atoms. The Hall–Kier alpha value is -0.136. The second kappa shape index (κ2) is 15.7. The fourth-order valence-corrected chi connectivity index (χ4v) is 7.08. The molecule has 28 heavy (non-hydrogen) atoms. The molecule has 0 saturated heterocycles. The molecular formula is C19H42O7Si2. The number of carbonyl (C=O) groups is 1. The predicted octanol–water partition coefficient (Wildman–Crippen LogP) is 4.07. The minimum Gasteiger partial charge on any atom is -0.377 e. The topological polar surface area (TPSA) is 72.5 Å². The first kappa shape index (κ1) is 27.9. The number of unbranched alkanes of at least 4 members (excludes halogenated alkanes) is 2. The molecule has 7 nitrogen and oxygen atoms in total. The van der Waals surface area contributed by atoms with Crippen LogP contribution in [-0.2, 0) is 31.4 Å². The Bertz CT molecular complexity index is 357. The Balaban J connectivity index is 4.50. The van der Waals surface area contributed by atoms with Gasteiger partial charge in [-0.15, -0.1) is 0 Å². The standard InChI is InChI=1S/C19H42O7Si2/c1-8-13-19(20)18(14-9-11-16-27(21-2,22-3)23-4)15-10-12-17-28(24-5,25-6)26-7/h18H,8-17H2,1-7H3. The summed E-state index contributed by atoms with van der Waals surface area (Å²) in [5.74, 6) is 0.498. The fourth-order valence-electron chi connectivity index (χ4n) is 3.49. The maximum Gasteiger partial charge on any atom is 0.500 e. The summed E-state index contributed by atoms with van der Waals surface area (Å²) in [6.07, 6.45) is 7.18. The molecule has 0 amide bonds. The first-order chi connectivity index (χ1) is 13.4. The summed E-state index contributed by atoms with van der Waals surface area (Å²) < 4.78 is 32.8. The summed E-state index contributed by atoms with van der Waals surface area (Å²) in [4.78, 5) is 12.5. The number of rotatable bonds is 19. The summed E-state index contributed by atoms with van der Waals surface area (Å²) >= 11 is 0. The van der Waals surface area contributed by atoms with Crippen LogP contribution in [0.3, 0.4) is 0 Å². The largest absolute Gasteiger partial charge is 0.500 e. The van der Waals surface area contributed by atoms with Gasteiger partial charge in [-0.25, -0.2) is 0 Å². The molecule has 0 aliphatic heterocycles. The summed E-state index contributed by atoms with van der Waals surface area (Å²) in [6.45, 7) is 2.06. The first-order valence-electron chi connectivity index (χ1n) is 10.3. The third kappa shape index (κ3) is 9.58. The van der Waals surface area contributed by atoms with Crippen LogP contribution in [0.15, 0.2) is 0 Å². The summed E-state index contributed by atoms with van der Waals surface area (Å²) in [7, 11) is 4.77. The lowest BCUT2D eigenvalue weighted by molar-refractivity contribution is -0.123. The van der Waals surface area contributed by atoms with Gasteiger partial charge in [0.1, 0.15) is 5.78 Å². The minimum absolute atomic E-state index is 0.118. The Labute approximate surface area is 174 Å². The van der Waals surface area contributed by atoms with Crippen molar-refractivity contribution < 1.29 is 31.4 Å². The van der Waals surface area contributed by atoms with Gasteiger partial charge >= 0.3 is 17.6 Å². The number of hydrogen-bond acceptors (Lipinski definition) is 7. The Morgan fingerprint density at radius 2 is 1.04 bits per heavy atom. The molecule has 0 aromatic carbocycles. The highest BCUT2D eigenvalue weighted by atomic mass is 28.4. The summed E-state index contributed by atoms with van der Waals surface area (Å²) in [5.41, 5.74) is 0. The smallest absolute Gasteiger partial charge is 0.377 e. The summed E-state index contributed by atoms with van der Waals surface area (Å²) in [6, 6.07) is 1.55. The van der Waals surface area contributed by atoms with E-state index in [0.717, 1.165) is 57.0 Å². The fraction of sp³-hybridized carbons (Fsp3) is 0.947. The molecule has 168 valence electrons. The van der Waals surface area contributed by atoms with Gasteiger partial charge in [0.2, 0.25) is 0 Å². The average molecular weight is 439 g/mol. The Morgan fingerprint density at radius 1 is 0.679 bits per heavy atom. The lowest BCUT2D eigenvalue weighted by atomic mass is 9.90. The van der Waals surface area contributed by atoms with E-state index in [1.54, 1.807) is 42.7 Å². The van der Waals surface area contributed by atoms with E-state index in [0.29, 0.717) is 12.2 Å². The molecule has 0 N–H and O–H groups in total. The molecule has 0 radical (unpaired) electrons. The summed E-state index contributed by atoms with van der Waals surface area (Å²) in [5, 5.41) is 0. The van der Waals surface area contributed by atoms with Gasteiger partial charge in [0, 0.05) is 67.1 Å². The van der Waals surface area contributed by atoms with E-state index in [4.69, 9.17) is 26.6 Å². The van der Waals surface area contributed by atoms with Crippen molar-refractivity contribution in [2.45, 2.75) is 70.4 Å². The molecule has 0 saturated carbocycles. The molecule has 0 aromatic heterocycles. The van der Waals surface area contributed by atoms with Crippen molar-refractivity contribution in [2.75, 3.05) is 42.7 Å². The van der Waals surface area contributed by atoms with Crippen molar-refractivity contribution in [1.29, 1.82) is 0 Å². The van der Waals surface area contributed by atoms with Crippen LogP contribution in [-0.4, -0.2) is 66.1 Å². The Kier molecular flexibility index (Phi) is 15.6. The number of carbonyl (C=O) groups excluding carboxylic acids is 1. The van der Waals surface area contributed by atoms with E-state index in [-0.39, 0.29) is 5.92 Å². The van der Waals surface area contributed by atoms with Gasteiger partial charge in [-0.2, -0.15) is 0 Å². The zero-order chi connectivity index (χ0) is 21.5. The van der Waals surface area contributed by atoms with Crippen LogP contribution in [0.25, 0.3) is 0 Å². The predicted molar refractivity (Wildman–Crippen MR) is 114 cm³/mol. The molecule has 0 spiro atoms. The van der Waals surface area contributed by atoms with Crippen LogP contribution in [0.1, 0.15) is 58.3 Å². The van der Waals surface area contributed by atoms with Crippen LogP contribution in [0, 0.1) is 5.92 Å². The molecule has 0 aliphatic carbocycles. The average Bonchev–Trinajstić information content (AvgIpc) is 2.73. The van der Waals surface area contributed by atoms with Crippen molar-refractivity contribution in [2.24, 2.45) is 5.92 Å². The lowest BCUT2D eigenvalue weighted by Gasteiger charge is -2.25. The van der Waals surface area contributed by atoms with E-state index in [1.165, 1.54) is 0 Å². The molecule has 0 atom stereocenters. The SMILES string of the molecule is CCCC(=O)C(CCCC[Si](OC)(OC)OC)CCCC[Si](OC)(OC)OC.